The van der Waals surface area contributed by atoms with Crippen molar-refractivity contribution in [3.8, 4) is 5.75 Å². The van der Waals surface area contributed by atoms with E-state index in [1.54, 1.807) is 7.11 Å². The fourth-order valence-electron chi connectivity index (χ4n) is 2.73. The summed E-state index contributed by atoms with van der Waals surface area (Å²) in [5.41, 5.74) is 1.13. The van der Waals surface area contributed by atoms with E-state index in [2.05, 4.69) is 21.2 Å². The number of ether oxygens (including phenoxy) is 1. The molecule has 5 heteroatoms. The van der Waals surface area contributed by atoms with Crippen molar-refractivity contribution in [2.24, 2.45) is 0 Å². The van der Waals surface area contributed by atoms with Crippen molar-refractivity contribution < 1.29 is 9.53 Å². The molecule has 2 rings (SSSR count). The zero-order chi connectivity index (χ0) is 15.2. The number of para-hydroxylation sites is 2. The second-order valence-electron chi connectivity index (χ2n) is 5.27. The summed E-state index contributed by atoms with van der Waals surface area (Å²) in [6, 6.07) is 8.02. The molecule has 0 aliphatic carbocycles. The highest BCUT2D eigenvalue weighted by Crippen LogP contribution is 2.28. The maximum Gasteiger partial charge on any atom is 0.237 e. The fraction of sp³-hybridized carbons (Fsp3) is 0.562. The average molecular weight is 291 g/mol. The van der Waals surface area contributed by atoms with Gasteiger partial charge in [0.05, 0.1) is 18.8 Å². The number of hydrogen-bond acceptors (Lipinski definition) is 4. The zero-order valence-electron chi connectivity index (χ0n) is 13.1. The van der Waals surface area contributed by atoms with Crippen molar-refractivity contribution in [1.82, 2.24) is 10.2 Å². The number of hydrogen-bond donors (Lipinski definition) is 1. The van der Waals surface area contributed by atoms with Gasteiger partial charge >= 0.3 is 0 Å². The second kappa shape index (κ2) is 7.31. The van der Waals surface area contributed by atoms with Gasteiger partial charge in [0.25, 0.3) is 0 Å². The molecule has 1 heterocycles. The lowest BCUT2D eigenvalue weighted by Crippen LogP contribution is -2.54. The van der Waals surface area contributed by atoms with Crippen molar-refractivity contribution in [2.75, 3.05) is 44.7 Å². The summed E-state index contributed by atoms with van der Waals surface area (Å²) in [6.45, 7) is 8.19. The van der Waals surface area contributed by atoms with E-state index >= 15 is 0 Å². The summed E-state index contributed by atoms with van der Waals surface area (Å²) >= 11 is 0. The van der Waals surface area contributed by atoms with Gasteiger partial charge in [-0.1, -0.05) is 12.1 Å². The Kier molecular flexibility index (Phi) is 5.44. The van der Waals surface area contributed by atoms with Gasteiger partial charge < -0.3 is 15.0 Å². The molecular weight excluding hydrogens is 266 g/mol. The van der Waals surface area contributed by atoms with Crippen LogP contribution in [-0.4, -0.2) is 56.7 Å². The van der Waals surface area contributed by atoms with Crippen molar-refractivity contribution in [2.45, 2.75) is 19.9 Å². The number of nitrogens with one attached hydrogen (secondary N) is 1. The molecule has 1 fully saturated rings. The summed E-state index contributed by atoms with van der Waals surface area (Å²) in [4.78, 5) is 16.5. The van der Waals surface area contributed by atoms with E-state index in [-0.39, 0.29) is 11.9 Å². The number of anilines is 1. The lowest BCUT2D eigenvalue weighted by molar-refractivity contribution is -0.125. The molecule has 0 radical (unpaired) electrons. The SMILES string of the molecule is CCNC(=O)C(C)N1CCN(c2ccccc2OC)CC1. The minimum absolute atomic E-state index is 0.0650. The van der Waals surface area contributed by atoms with Crippen molar-refractivity contribution in [1.29, 1.82) is 0 Å². The Hall–Kier alpha value is -1.75. The predicted molar refractivity (Wildman–Crippen MR) is 84.9 cm³/mol. The molecule has 1 amide bonds. The molecule has 1 aromatic rings. The van der Waals surface area contributed by atoms with Crippen LogP contribution >= 0.6 is 0 Å². The van der Waals surface area contributed by atoms with Crippen LogP contribution in [0.3, 0.4) is 0 Å². The van der Waals surface area contributed by atoms with Gasteiger partial charge in [-0.05, 0) is 26.0 Å². The topological polar surface area (TPSA) is 44.8 Å². The third kappa shape index (κ3) is 3.67. The number of carbonyl (C=O) groups excluding carboxylic acids is 1. The molecule has 0 bridgehead atoms. The first-order valence-electron chi connectivity index (χ1n) is 7.57. The zero-order valence-corrected chi connectivity index (χ0v) is 13.1. The maximum atomic E-state index is 11.9. The smallest absolute Gasteiger partial charge is 0.237 e. The summed E-state index contributed by atoms with van der Waals surface area (Å²) in [5.74, 6) is 1.02. The van der Waals surface area contributed by atoms with Gasteiger partial charge in [-0.15, -0.1) is 0 Å². The third-order valence-electron chi connectivity index (χ3n) is 4.02. The van der Waals surface area contributed by atoms with Gasteiger partial charge in [-0.2, -0.15) is 0 Å². The highest BCUT2D eigenvalue weighted by Gasteiger charge is 2.26. The van der Waals surface area contributed by atoms with Crippen LogP contribution in [0.5, 0.6) is 5.75 Å². The molecule has 1 unspecified atom stereocenters. The van der Waals surface area contributed by atoms with E-state index in [0.717, 1.165) is 37.6 Å². The molecule has 0 spiro atoms. The van der Waals surface area contributed by atoms with Gasteiger partial charge in [0.15, 0.2) is 0 Å². The molecule has 1 aliphatic rings. The predicted octanol–water partition coefficient (Wildman–Crippen LogP) is 1.34. The molecule has 1 saturated heterocycles. The van der Waals surface area contributed by atoms with Crippen LogP contribution in [0.15, 0.2) is 24.3 Å². The highest BCUT2D eigenvalue weighted by molar-refractivity contribution is 5.81. The number of amides is 1. The molecular formula is C16H25N3O2. The highest BCUT2D eigenvalue weighted by atomic mass is 16.5. The first-order valence-corrected chi connectivity index (χ1v) is 7.57. The molecule has 21 heavy (non-hydrogen) atoms. The summed E-state index contributed by atoms with van der Waals surface area (Å²) in [6.07, 6.45) is 0. The van der Waals surface area contributed by atoms with Crippen LogP contribution in [0.4, 0.5) is 5.69 Å². The van der Waals surface area contributed by atoms with E-state index in [9.17, 15) is 4.79 Å². The number of piperazine rings is 1. The van der Waals surface area contributed by atoms with Gasteiger partial charge in [0.1, 0.15) is 5.75 Å². The lowest BCUT2D eigenvalue weighted by Gasteiger charge is -2.38. The number of benzene rings is 1. The molecule has 1 atom stereocenters. The van der Waals surface area contributed by atoms with Crippen LogP contribution in [0, 0.1) is 0 Å². The number of methoxy groups -OCH3 is 1. The Morgan fingerprint density at radius 3 is 2.57 bits per heavy atom. The first-order chi connectivity index (χ1) is 10.2. The number of carbonyl (C=O) groups is 1. The van der Waals surface area contributed by atoms with Crippen LogP contribution in [-0.2, 0) is 4.79 Å². The summed E-state index contributed by atoms with van der Waals surface area (Å²) in [7, 11) is 1.70. The van der Waals surface area contributed by atoms with Crippen LogP contribution in [0.1, 0.15) is 13.8 Å². The Labute approximate surface area is 126 Å². The Balaban J connectivity index is 1.95. The van der Waals surface area contributed by atoms with Crippen molar-refractivity contribution in [3.05, 3.63) is 24.3 Å². The van der Waals surface area contributed by atoms with Crippen LogP contribution in [0.2, 0.25) is 0 Å². The van der Waals surface area contributed by atoms with Crippen molar-refractivity contribution in [3.63, 3.8) is 0 Å². The standard InChI is InChI=1S/C16H25N3O2/c1-4-17-16(20)13(2)18-9-11-19(12-10-18)14-7-5-6-8-15(14)21-3/h5-8,13H,4,9-12H2,1-3H3,(H,17,20). The average Bonchev–Trinajstić information content (AvgIpc) is 2.54. The number of nitrogens with zero attached hydrogens (tertiary/aromatic N) is 2. The van der Waals surface area contributed by atoms with E-state index < -0.39 is 0 Å². The first kappa shape index (κ1) is 15.6. The number of likely N-dealkylation sites (N-methyl/N-ethyl adjacent to an activating group) is 1. The van der Waals surface area contributed by atoms with E-state index in [1.165, 1.54) is 0 Å². The molecule has 5 nitrogen and oxygen atoms in total. The normalized spacial score (nSPS) is 17.4. The molecule has 0 aromatic heterocycles. The minimum Gasteiger partial charge on any atom is -0.495 e. The Morgan fingerprint density at radius 2 is 1.95 bits per heavy atom. The van der Waals surface area contributed by atoms with Gasteiger partial charge in [0.2, 0.25) is 5.91 Å². The molecule has 116 valence electrons. The number of rotatable bonds is 5. The minimum atomic E-state index is -0.0650. The Bertz CT molecular complexity index is 470. The van der Waals surface area contributed by atoms with E-state index in [0.29, 0.717) is 6.54 Å². The monoisotopic (exact) mass is 291 g/mol. The van der Waals surface area contributed by atoms with Crippen LogP contribution in [0.25, 0.3) is 0 Å². The Morgan fingerprint density at radius 1 is 1.29 bits per heavy atom. The fourth-order valence-corrected chi connectivity index (χ4v) is 2.73. The van der Waals surface area contributed by atoms with Gasteiger partial charge in [0, 0.05) is 32.7 Å². The van der Waals surface area contributed by atoms with E-state index in [1.807, 2.05) is 32.0 Å². The second-order valence-corrected chi connectivity index (χ2v) is 5.27. The lowest BCUT2D eigenvalue weighted by atomic mass is 10.2. The van der Waals surface area contributed by atoms with Gasteiger partial charge in [-0.3, -0.25) is 9.69 Å². The molecule has 1 aromatic carbocycles. The summed E-state index contributed by atoms with van der Waals surface area (Å²) < 4.78 is 5.42. The maximum absolute atomic E-state index is 11.9. The molecule has 1 aliphatic heterocycles. The quantitative estimate of drug-likeness (QED) is 0.889. The summed E-state index contributed by atoms with van der Waals surface area (Å²) in [5, 5.41) is 2.89. The molecule has 1 N–H and O–H groups in total. The molecule has 0 saturated carbocycles. The van der Waals surface area contributed by atoms with Gasteiger partial charge in [-0.25, -0.2) is 0 Å². The van der Waals surface area contributed by atoms with Crippen molar-refractivity contribution >= 4 is 11.6 Å². The van der Waals surface area contributed by atoms with E-state index in [4.69, 9.17) is 4.74 Å². The third-order valence-corrected chi connectivity index (χ3v) is 4.02. The largest absolute Gasteiger partial charge is 0.495 e. The van der Waals surface area contributed by atoms with Crippen LogP contribution < -0.4 is 15.0 Å².